The Labute approximate surface area is 131 Å². The van der Waals surface area contributed by atoms with Gasteiger partial charge in [-0.25, -0.2) is 0 Å². The van der Waals surface area contributed by atoms with E-state index in [9.17, 15) is 9.59 Å². The summed E-state index contributed by atoms with van der Waals surface area (Å²) in [5.41, 5.74) is 7.10. The number of aromatic nitrogens is 1. The van der Waals surface area contributed by atoms with Crippen LogP contribution in [0.5, 0.6) is 0 Å². The topological polar surface area (TPSA) is 85.1 Å². The zero-order valence-corrected chi connectivity index (χ0v) is 13.2. The molecule has 0 unspecified atom stereocenters. The van der Waals surface area contributed by atoms with Crippen molar-refractivity contribution in [2.75, 3.05) is 6.54 Å². The fraction of sp³-hybridized carbons (Fsp3) is 0.588. The molecule has 5 nitrogen and oxygen atoms in total. The molecule has 120 valence electrons. The Bertz CT molecular complexity index is 522. The standard InChI is InChI=1S/C17H25N3O2/c1-12-11-19-9-7-15(12)16(21)10-13-2-4-14(5-3-13)20-17(22)6-8-18/h7,9,11,13-14H,2-6,8,10,18H2,1H3,(H,20,22). The number of hydrogen-bond donors (Lipinski definition) is 2. The summed E-state index contributed by atoms with van der Waals surface area (Å²) >= 11 is 0. The monoisotopic (exact) mass is 303 g/mol. The minimum atomic E-state index is 0.0365. The molecule has 0 saturated heterocycles. The minimum Gasteiger partial charge on any atom is -0.353 e. The van der Waals surface area contributed by atoms with E-state index in [4.69, 9.17) is 5.73 Å². The van der Waals surface area contributed by atoms with Crippen molar-refractivity contribution >= 4 is 11.7 Å². The molecule has 0 aromatic carbocycles. The lowest BCUT2D eigenvalue weighted by molar-refractivity contribution is -0.121. The van der Waals surface area contributed by atoms with Crippen LogP contribution in [0.15, 0.2) is 18.5 Å². The fourth-order valence-corrected chi connectivity index (χ4v) is 3.10. The predicted molar refractivity (Wildman–Crippen MR) is 85.5 cm³/mol. The molecule has 0 spiro atoms. The van der Waals surface area contributed by atoms with Crippen LogP contribution < -0.4 is 11.1 Å². The summed E-state index contributed by atoms with van der Waals surface area (Å²) < 4.78 is 0. The number of pyridine rings is 1. The molecule has 1 aromatic rings. The highest BCUT2D eigenvalue weighted by atomic mass is 16.1. The summed E-state index contributed by atoms with van der Waals surface area (Å²) in [6, 6.07) is 2.05. The second-order valence-electron chi connectivity index (χ2n) is 6.14. The number of carbonyl (C=O) groups is 2. The summed E-state index contributed by atoms with van der Waals surface area (Å²) in [4.78, 5) is 27.9. The SMILES string of the molecule is Cc1cnccc1C(=O)CC1CCC(NC(=O)CCN)CC1. The molecule has 1 fully saturated rings. The maximum atomic E-state index is 12.4. The third-order valence-corrected chi connectivity index (χ3v) is 4.38. The fourth-order valence-electron chi connectivity index (χ4n) is 3.10. The average molecular weight is 303 g/mol. The van der Waals surface area contributed by atoms with E-state index in [1.54, 1.807) is 18.5 Å². The van der Waals surface area contributed by atoms with E-state index < -0.39 is 0 Å². The third-order valence-electron chi connectivity index (χ3n) is 4.38. The largest absolute Gasteiger partial charge is 0.353 e. The van der Waals surface area contributed by atoms with Gasteiger partial charge in [-0.2, -0.15) is 0 Å². The lowest BCUT2D eigenvalue weighted by Crippen LogP contribution is -2.38. The van der Waals surface area contributed by atoms with Gasteiger partial charge < -0.3 is 11.1 Å². The molecule has 1 saturated carbocycles. The highest BCUT2D eigenvalue weighted by molar-refractivity contribution is 5.97. The summed E-state index contributed by atoms with van der Waals surface area (Å²) in [6.07, 6.45) is 8.26. The Morgan fingerprint density at radius 3 is 2.68 bits per heavy atom. The van der Waals surface area contributed by atoms with Gasteiger partial charge in [0.2, 0.25) is 5.91 Å². The lowest BCUT2D eigenvalue weighted by Gasteiger charge is -2.28. The molecule has 2 rings (SSSR count). The van der Waals surface area contributed by atoms with Crippen molar-refractivity contribution in [2.24, 2.45) is 11.7 Å². The van der Waals surface area contributed by atoms with Gasteiger partial charge in [0.05, 0.1) is 0 Å². The smallest absolute Gasteiger partial charge is 0.221 e. The van der Waals surface area contributed by atoms with Crippen molar-refractivity contribution in [1.29, 1.82) is 0 Å². The zero-order valence-electron chi connectivity index (χ0n) is 13.2. The first-order chi connectivity index (χ1) is 10.6. The molecule has 1 heterocycles. The molecular formula is C17H25N3O2. The van der Waals surface area contributed by atoms with Crippen LogP contribution in [0.25, 0.3) is 0 Å². The van der Waals surface area contributed by atoms with Crippen molar-refractivity contribution < 1.29 is 9.59 Å². The van der Waals surface area contributed by atoms with E-state index in [2.05, 4.69) is 10.3 Å². The van der Waals surface area contributed by atoms with E-state index in [0.717, 1.165) is 36.8 Å². The Morgan fingerprint density at radius 1 is 1.32 bits per heavy atom. The van der Waals surface area contributed by atoms with E-state index in [0.29, 0.717) is 25.3 Å². The number of aryl methyl sites for hydroxylation is 1. The number of nitrogens with zero attached hydrogens (tertiary/aromatic N) is 1. The Hall–Kier alpha value is -1.75. The Balaban J connectivity index is 1.79. The third kappa shape index (κ3) is 4.63. The average Bonchev–Trinajstić information content (AvgIpc) is 2.50. The van der Waals surface area contributed by atoms with Crippen LogP contribution in [0.4, 0.5) is 0 Å². The van der Waals surface area contributed by atoms with Gasteiger partial charge in [0.25, 0.3) is 0 Å². The zero-order chi connectivity index (χ0) is 15.9. The molecule has 0 atom stereocenters. The van der Waals surface area contributed by atoms with Crippen LogP contribution in [0.1, 0.15) is 54.4 Å². The van der Waals surface area contributed by atoms with Gasteiger partial charge in [0.1, 0.15) is 0 Å². The van der Waals surface area contributed by atoms with Crippen molar-refractivity contribution in [3.05, 3.63) is 29.6 Å². The highest BCUT2D eigenvalue weighted by Crippen LogP contribution is 2.28. The molecule has 5 heteroatoms. The Kier molecular flexibility index (Phi) is 6.07. The van der Waals surface area contributed by atoms with Crippen LogP contribution in [0.3, 0.4) is 0 Å². The lowest BCUT2D eigenvalue weighted by atomic mass is 9.82. The maximum Gasteiger partial charge on any atom is 0.221 e. The molecule has 3 N–H and O–H groups in total. The van der Waals surface area contributed by atoms with Crippen LogP contribution in [-0.4, -0.2) is 29.3 Å². The van der Waals surface area contributed by atoms with Gasteiger partial charge in [0, 0.05) is 43.4 Å². The van der Waals surface area contributed by atoms with E-state index in [1.807, 2.05) is 6.92 Å². The minimum absolute atomic E-state index is 0.0365. The molecule has 22 heavy (non-hydrogen) atoms. The summed E-state index contributed by atoms with van der Waals surface area (Å²) in [5.74, 6) is 0.660. The number of amides is 1. The van der Waals surface area contributed by atoms with Gasteiger partial charge in [-0.15, -0.1) is 0 Å². The van der Waals surface area contributed by atoms with Crippen molar-refractivity contribution in [3.8, 4) is 0 Å². The number of nitrogens with one attached hydrogen (secondary N) is 1. The van der Waals surface area contributed by atoms with Gasteiger partial charge in [0.15, 0.2) is 5.78 Å². The number of nitrogens with two attached hydrogens (primary N) is 1. The van der Waals surface area contributed by atoms with Crippen LogP contribution in [0.2, 0.25) is 0 Å². The number of ketones is 1. The molecule has 1 aromatic heterocycles. The summed E-state index contributed by atoms with van der Waals surface area (Å²) in [6.45, 7) is 2.31. The highest BCUT2D eigenvalue weighted by Gasteiger charge is 2.24. The number of rotatable bonds is 6. The first-order valence-electron chi connectivity index (χ1n) is 8.03. The first kappa shape index (κ1) is 16.6. The van der Waals surface area contributed by atoms with Crippen LogP contribution in [0, 0.1) is 12.8 Å². The molecular weight excluding hydrogens is 278 g/mol. The molecule has 1 amide bonds. The van der Waals surface area contributed by atoms with Crippen molar-refractivity contribution in [1.82, 2.24) is 10.3 Å². The molecule has 1 aliphatic carbocycles. The molecule has 1 aliphatic rings. The summed E-state index contributed by atoms with van der Waals surface area (Å²) in [7, 11) is 0. The van der Waals surface area contributed by atoms with Gasteiger partial charge >= 0.3 is 0 Å². The molecule has 0 bridgehead atoms. The maximum absolute atomic E-state index is 12.4. The van der Waals surface area contributed by atoms with Gasteiger partial charge in [-0.05, 0) is 50.2 Å². The molecule has 0 aliphatic heterocycles. The van der Waals surface area contributed by atoms with Gasteiger partial charge in [-0.3, -0.25) is 14.6 Å². The second-order valence-corrected chi connectivity index (χ2v) is 6.14. The number of carbonyl (C=O) groups excluding carboxylic acids is 2. The second kappa shape index (κ2) is 8.03. The van der Waals surface area contributed by atoms with E-state index in [1.165, 1.54) is 0 Å². The van der Waals surface area contributed by atoms with Gasteiger partial charge in [-0.1, -0.05) is 0 Å². The molecule has 0 radical (unpaired) electrons. The number of Topliss-reactive ketones (excluding diaryl/α,β-unsaturated/α-hetero) is 1. The van der Waals surface area contributed by atoms with Crippen molar-refractivity contribution in [3.63, 3.8) is 0 Å². The van der Waals surface area contributed by atoms with Crippen LogP contribution >= 0.6 is 0 Å². The van der Waals surface area contributed by atoms with E-state index >= 15 is 0 Å². The normalized spacial score (nSPS) is 21.4. The van der Waals surface area contributed by atoms with Crippen LogP contribution in [-0.2, 0) is 4.79 Å². The first-order valence-corrected chi connectivity index (χ1v) is 8.03. The Morgan fingerprint density at radius 2 is 2.05 bits per heavy atom. The quantitative estimate of drug-likeness (QED) is 0.787. The summed E-state index contributed by atoms with van der Waals surface area (Å²) in [5, 5.41) is 3.02. The predicted octanol–water partition coefficient (Wildman–Crippen LogP) is 1.99. The number of hydrogen-bond acceptors (Lipinski definition) is 4. The van der Waals surface area contributed by atoms with E-state index in [-0.39, 0.29) is 17.7 Å². The van der Waals surface area contributed by atoms with Crippen molar-refractivity contribution in [2.45, 2.75) is 51.5 Å².